The molecule has 0 aliphatic carbocycles. The largest absolute Gasteiger partial charge is 0.493 e. The van der Waals surface area contributed by atoms with Crippen LogP contribution in [-0.2, 0) is 4.79 Å². The number of hydrogen-bond donors (Lipinski definition) is 1. The van der Waals surface area contributed by atoms with E-state index in [1.54, 1.807) is 32.6 Å². The summed E-state index contributed by atoms with van der Waals surface area (Å²) < 4.78 is 15.9. The Morgan fingerprint density at radius 3 is 2.60 bits per heavy atom. The molecule has 1 N–H and O–H groups in total. The summed E-state index contributed by atoms with van der Waals surface area (Å²) in [6, 6.07) is 9.19. The Bertz CT molecular complexity index is 708. The van der Waals surface area contributed by atoms with Crippen molar-refractivity contribution in [1.29, 1.82) is 0 Å². The number of carbonyl (C=O) groups is 1. The molecule has 0 saturated carbocycles. The second-order valence-corrected chi connectivity index (χ2v) is 5.69. The zero-order valence-corrected chi connectivity index (χ0v) is 15.0. The van der Waals surface area contributed by atoms with Gasteiger partial charge < -0.3 is 19.2 Å². The zero-order valence-electron chi connectivity index (χ0n) is 15.0. The number of rotatable bonds is 8. The number of hydrogen-bond acceptors (Lipinski definition) is 5. The molecule has 0 spiro atoms. The van der Waals surface area contributed by atoms with Crippen LogP contribution in [0.3, 0.4) is 0 Å². The molecule has 2 aromatic rings. The van der Waals surface area contributed by atoms with E-state index in [-0.39, 0.29) is 11.9 Å². The molecular weight excluding hydrogens is 320 g/mol. The molecule has 25 heavy (non-hydrogen) atoms. The number of methoxy groups -OCH3 is 2. The van der Waals surface area contributed by atoms with Crippen molar-refractivity contribution in [3.05, 3.63) is 54.0 Å². The molecule has 6 nitrogen and oxygen atoms in total. The van der Waals surface area contributed by atoms with E-state index >= 15 is 0 Å². The molecule has 1 unspecified atom stereocenters. The number of nitrogens with one attached hydrogen (secondary N) is 1. The molecule has 134 valence electrons. The van der Waals surface area contributed by atoms with Gasteiger partial charge in [0.25, 0.3) is 0 Å². The van der Waals surface area contributed by atoms with Crippen molar-refractivity contribution >= 4 is 12.0 Å². The fourth-order valence-corrected chi connectivity index (χ4v) is 2.40. The van der Waals surface area contributed by atoms with Crippen molar-refractivity contribution in [2.45, 2.75) is 6.04 Å². The van der Waals surface area contributed by atoms with E-state index < -0.39 is 0 Å². The minimum Gasteiger partial charge on any atom is -0.493 e. The summed E-state index contributed by atoms with van der Waals surface area (Å²) >= 11 is 0. The van der Waals surface area contributed by atoms with Crippen molar-refractivity contribution < 1.29 is 18.7 Å². The summed E-state index contributed by atoms with van der Waals surface area (Å²) in [6.45, 7) is 0.454. The number of nitrogens with zero attached hydrogens (tertiary/aromatic N) is 1. The summed E-state index contributed by atoms with van der Waals surface area (Å²) in [5, 5.41) is 2.89. The summed E-state index contributed by atoms with van der Waals surface area (Å²) in [5.74, 6) is 1.91. The van der Waals surface area contributed by atoms with Gasteiger partial charge in [-0.05, 0) is 50.0 Å². The monoisotopic (exact) mass is 344 g/mol. The summed E-state index contributed by atoms with van der Waals surface area (Å²) in [7, 11) is 7.05. The fourth-order valence-electron chi connectivity index (χ4n) is 2.40. The third kappa shape index (κ3) is 5.12. The Hall–Kier alpha value is -2.73. The van der Waals surface area contributed by atoms with Crippen molar-refractivity contribution in [2.75, 3.05) is 34.9 Å². The first-order valence-electron chi connectivity index (χ1n) is 7.93. The predicted octanol–water partition coefficient (Wildman–Crippen LogP) is 2.73. The van der Waals surface area contributed by atoms with Crippen LogP contribution in [0.2, 0.25) is 0 Å². The number of carbonyl (C=O) groups excluding carboxylic acids is 1. The van der Waals surface area contributed by atoms with Gasteiger partial charge in [-0.2, -0.15) is 0 Å². The third-order valence-electron chi connectivity index (χ3n) is 3.80. The van der Waals surface area contributed by atoms with E-state index in [2.05, 4.69) is 5.32 Å². The van der Waals surface area contributed by atoms with E-state index in [0.717, 1.165) is 11.3 Å². The number of ether oxygens (including phenoxy) is 2. The van der Waals surface area contributed by atoms with Gasteiger partial charge >= 0.3 is 0 Å². The average molecular weight is 344 g/mol. The van der Waals surface area contributed by atoms with Crippen molar-refractivity contribution in [3.63, 3.8) is 0 Å². The highest BCUT2D eigenvalue weighted by atomic mass is 16.5. The second-order valence-electron chi connectivity index (χ2n) is 5.69. The highest BCUT2D eigenvalue weighted by Gasteiger charge is 2.17. The number of amides is 1. The maximum absolute atomic E-state index is 12.1. The van der Waals surface area contributed by atoms with E-state index in [9.17, 15) is 4.79 Å². The number of furan rings is 1. The van der Waals surface area contributed by atoms with E-state index in [0.29, 0.717) is 18.0 Å². The molecule has 1 atom stereocenters. The zero-order chi connectivity index (χ0) is 18.2. The van der Waals surface area contributed by atoms with Crippen LogP contribution in [0.25, 0.3) is 6.08 Å². The first-order chi connectivity index (χ1) is 12.0. The topological polar surface area (TPSA) is 63.9 Å². The molecule has 1 heterocycles. The molecule has 0 saturated heterocycles. The second kappa shape index (κ2) is 8.94. The van der Waals surface area contributed by atoms with Crippen LogP contribution >= 0.6 is 0 Å². The average Bonchev–Trinajstić information content (AvgIpc) is 3.13. The van der Waals surface area contributed by atoms with Gasteiger partial charge in [0.05, 0.1) is 26.5 Å². The highest BCUT2D eigenvalue weighted by Crippen LogP contribution is 2.27. The van der Waals surface area contributed by atoms with Gasteiger partial charge in [0.1, 0.15) is 5.76 Å². The van der Waals surface area contributed by atoms with Crippen LogP contribution in [0.1, 0.15) is 17.4 Å². The van der Waals surface area contributed by atoms with Crippen LogP contribution in [0.5, 0.6) is 11.5 Å². The van der Waals surface area contributed by atoms with Gasteiger partial charge in [-0.25, -0.2) is 0 Å². The molecule has 1 aromatic heterocycles. The van der Waals surface area contributed by atoms with Crippen molar-refractivity contribution in [1.82, 2.24) is 10.2 Å². The van der Waals surface area contributed by atoms with Crippen LogP contribution in [0.15, 0.2) is 47.1 Å². The van der Waals surface area contributed by atoms with E-state index in [1.165, 1.54) is 6.08 Å². The minimum atomic E-state index is -0.173. The Balaban J connectivity index is 1.96. The first kappa shape index (κ1) is 18.6. The van der Waals surface area contributed by atoms with Gasteiger partial charge in [-0.15, -0.1) is 0 Å². The smallest absolute Gasteiger partial charge is 0.244 e. The molecule has 0 fully saturated rings. The molecule has 0 aliphatic rings. The summed E-state index contributed by atoms with van der Waals surface area (Å²) in [4.78, 5) is 14.1. The summed E-state index contributed by atoms with van der Waals surface area (Å²) in [6.07, 6.45) is 4.86. The maximum Gasteiger partial charge on any atom is 0.244 e. The summed E-state index contributed by atoms with van der Waals surface area (Å²) in [5.41, 5.74) is 0.850. The van der Waals surface area contributed by atoms with Gasteiger partial charge in [-0.3, -0.25) is 9.69 Å². The third-order valence-corrected chi connectivity index (χ3v) is 3.80. The Morgan fingerprint density at radius 1 is 1.24 bits per heavy atom. The fraction of sp³-hybridized carbons (Fsp3) is 0.316. The van der Waals surface area contributed by atoms with Crippen LogP contribution in [-0.4, -0.2) is 45.7 Å². The Morgan fingerprint density at radius 2 is 2.00 bits per heavy atom. The lowest BCUT2D eigenvalue weighted by Crippen LogP contribution is -2.33. The highest BCUT2D eigenvalue weighted by molar-refractivity contribution is 5.91. The molecule has 1 aromatic carbocycles. The molecular formula is C19H24N2O4. The lowest BCUT2D eigenvalue weighted by atomic mass is 10.2. The van der Waals surface area contributed by atoms with Crippen LogP contribution in [0, 0.1) is 0 Å². The molecule has 2 rings (SSSR count). The quantitative estimate of drug-likeness (QED) is 0.746. The van der Waals surface area contributed by atoms with Crippen LogP contribution in [0.4, 0.5) is 0 Å². The van der Waals surface area contributed by atoms with Gasteiger partial charge in [-0.1, -0.05) is 6.07 Å². The molecule has 0 radical (unpaired) electrons. The molecule has 0 bridgehead atoms. The van der Waals surface area contributed by atoms with Crippen LogP contribution < -0.4 is 14.8 Å². The molecule has 6 heteroatoms. The normalized spacial score (nSPS) is 12.4. The SMILES string of the molecule is COc1ccc(C=CC(=O)NCC(c2ccco2)N(C)C)cc1OC. The number of benzene rings is 1. The Labute approximate surface area is 148 Å². The first-order valence-corrected chi connectivity index (χ1v) is 7.93. The lowest BCUT2D eigenvalue weighted by molar-refractivity contribution is -0.116. The number of likely N-dealkylation sites (N-methyl/N-ethyl adjacent to an activating group) is 1. The maximum atomic E-state index is 12.1. The van der Waals surface area contributed by atoms with Gasteiger partial charge in [0.15, 0.2) is 11.5 Å². The minimum absolute atomic E-state index is 0.0200. The molecule has 1 amide bonds. The van der Waals surface area contributed by atoms with Crippen molar-refractivity contribution in [3.8, 4) is 11.5 Å². The Kier molecular flexibility index (Phi) is 6.65. The molecule has 0 aliphatic heterocycles. The van der Waals surface area contributed by atoms with E-state index in [4.69, 9.17) is 13.9 Å². The predicted molar refractivity (Wildman–Crippen MR) is 96.7 cm³/mol. The van der Waals surface area contributed by atoms with Crippen molar-refractivity contribution in [2.24, 2.45) is 0 Å². The lowest BCUT2D eigenvalue weighted by Gasteiger charge is -2.22. The van der Waals surface area contributed by atoms with Gasteiger partial charge in [0, 0.05) is 12.6 Å². The standard InChI is InChI=1S/C19H24N2O4/c1-21(2)15(16-6-5-11-25-16)13-20-19(22)10-8-14-7-9-17(23-3)18(12-14)24-4/h5-12,15H,13H2,1-4H3,(H,20,22). The van der Waals surface area contributed by atoms with E-state index in [1.807, 2.05) is 43.3 Å². The van der Waals surface area contributed by atoms with Gasteiger partial charge in [0.2, 0.25) is 5.91 Å².